The molecule has 1 saturated heterocycles. The lowest BCUT2D eigenvalue weighted by molar-refractivity contribution is -0.144. The van der Waals surface area contributed by atoms with Crippen LogP contribution in [0.25, 0.3) is 0 Å². The van der Waals surface area contributed by atoms with E-state index in [1.165, 1.54) is 21.9 Å². The second-order valence-electron chi connectivity index (χ2n) is 9.12. The first-order valence-corrected chi connectivity index (χ1v) is 12.1. The van der Waals surface area contributed by atoms with Crippen LogP contribution in [0.2, 0.25) is 0 Å². The van der Waals surface area contributed by atoms with Crippen molar-refractivity contribution in [3.63, 3.8) is 0 Å². The molecule has 0 saturated carbocycles. The number of halogens is 1. The largest absolute Gasteiger partial charge is 0.352 e. The van der Waals surface area contributed by atoms with Gasteiger partial charge in [-0.05, 0) is 50.3 Å². The molecule has 2 unspecified atom stereocenters. The number of allylic oxidation sites excluding steroid dienone is 2. The molecule has 0 radical (unpaired) electrons. The summed E-state index contributed by atoms with van der Waals surface area (Å²) >= 11 is 0. The first-order chi connectivity index (χ1) is 16.3. The van der Waals surface area contributed by atoms with Crippen molar-refractivity contribution in [2.45, 2.75) is 71.5 Å². The van der Waals surface area contributed by atoms with Gasteiger partial charge in [0, 0.05) is 25.6 Å². The van der Waals surface area contributed by atoms with Crippen LogP contribution in [0, 0.1) is 17.7 Å². The predicted octanol–water partition coefficient (Wildman–Crippen LogP) is 3.19. The Bertz CT molecular complexity index is 920. The molecule has 7 nitrogen and oxygen atoms in total. The van der Waals surface area contributed by atoms with Crippen LogP contribution in [0.5, 0.6) is 0 Å². The number of rotatable bonds is 10. The van der Waals surface area contributed by atoms with Gasteiger partial charge in [-0.2, -0.15) is 0 Å². The number of nitrogens with zero attached hydrogens (tertiary/aromatic N) is 2. The highest BCUT2D eigenvalue weighted by Crippen LogP contribution is 2.35. The number of benzene rings is 1. The Kier molecular flexibility index (Phi) is 8.58. The summed E-state index contributed by atoms with van der Waals surface area (Å²) in [4.78, 5) is 54.5. The highest BCUT2D eigenvalue weighted by Gasteiger charge is 2.47. The Morgan fingerprint density at radius 2 is 1.65 bits per heavy atom. The standard InChI is InChI=1S/C26H34FN3O4/c1-4-17(3)28-24(32)22(5-2)30(16-18-10-12-19(27)13-11-18)23(31)14-15-29-25(33)20-8-6-7-9-21(20)26(29)34/h6-7,10-13,17,20-22H,4-5,8-9,14-16H2,1-3H3,(H,28,32)/t17?,20-,21+,22?. The van der Waals surface area contributed by atoms with Crippen molar-refractivity contribution in [3.8, 4) is 0 Å². The molecule has 1 fully saturated rings. The number of hydrogen-bond acceptors (Lipinski definition) is 4. The van der Waals surface area contributed by atoms with E-state index in [4.69, 9.17) is 0 Å². The van der Waals surface area contributed by atoms with E-state index in [1.807, 2.05) is 32.9 Å². The number of amides is 4. The van der Waals surface area contributed by atoms with E-state index in [1.54, 1.807) is 12.1 Å². The number of nitrogens with one attached hydrogen (secondary N) is 1. The molecule has 1 aromatic rings. The van der Waals surface area contributed by atoms with Crippen molar-refractivity contribution < 1.29 is 23.6 Å². The number of carbonyl (C=O) groups is 4. The van der Waals surface area contributed by atoms with Crippen LogP contribution in [0.4, 0.5) is 4.39 Å². The normalized spacial score (nSPS) is 21.2. The van der Waals surface area contributed by atoms with E-state index in [-0.39, 0.29) is 66.8 Å². The highest BCUT2D eigenvalue weighted by molar-refractivity contribution is 6.05. The van der Waals surface area contributed by atoms with Crippen LogP contribution in [0.3, 0.4) is 0 Å². The molecule has 0 bridgehead atoms. The lowest BCUT2D eigenvalue weighted by Gasteiger charge is -2.32. The number of imide groups is 1. The van der Waals surface area contributed by atoms with E-state index in [2.05, 4.69) is 5.32 Å². The Morgan fingerprint density at radius 3 is 2.18 bits per heavy atom. The average molecular weight is 472 g/mol. The zero-order valence-corrected chi connectivity index (χ0v) is 20.1. The minimum atomic E-state index is -0.719. The first-order valence-electron chi connectivity index (χ1n) is 12.1. The van der Waals surface area contributed by atoms with E-state index >= 15 is 0 Å². The molecular formula is C26H34FN3O4. The SMILES string of the molecule is CCC(C)NC(=O)C(CC)N(Cc1ccc(F)cc1)C(=O)CCN1C(=O)[C@H]2CC=CC[C@H]2C1=O. The van der Waals surface area contributed by atoms with Gasteiger partial charge in [0.25, 0.3) is 0 Å². The predicted molar refractivity (Wildman–Crippen MR) is 126 cm³/mol. The third-order valence-corrected chi connectivity index (χ3v) is 6.80. The van der Waals surface area contributed by atoms with E-state index < -0.39 is 6.04 Å². The number of fused-ring (bicyclic) bond motifs is 1. The van der Waals surface area contributed by atoms with Gasteiger partial charge in [-0.25, -0.2) is 4.39 Å². The van der Waals surface area contributed by atoms with Crippen LogP contribution in [0.1, 0.15) is 58.4 Å². The van der Waals surface area contributed by atoms with Crippen LogP contribution in [0.15, 0.2) is 36.4 Å². The fraction of sp³-hybridized carbons (Fsp3) is 0.538. The molecule has 2 aliphatic rings. The topological polar surface area (TPSA) is 86.8 Å². The Hall–Kier alpha value is -3.03. The number of hydrogen-bond donors (Lipinski definition) is 1. The molecule has 4 atom stereocenters. The van der Waals surface area contributed by atoms with Crippen LogP contribution >= 0.6 is 0 Å². The van der Waals surface area contributed by atoms with E-state index in [0.29, 0.717) is 24.8 Å². The zero-order chi connectivity index (χ0) is 24.8. The van der Waals surface area contributed by atoms with Crippen LogP contribution in [-0.4, -0.2) is 52.1 Å². The minimum Gasteiger partial charge on any atom is -0.352 e. The van der Waals surface area contributed by atoms with Gasteiger partial charge in [0.1, 0.15) is 11.9 Å². The van der Waals surface area contributed by atoms with Gasteiger partial charge in [0.05, 0.1) is 11.8 Å². The summed E-state index contributed by atoms with van der Waals surface area (Å²) in [6.45, 7) is 5.81. The van der Waals surface area contributed by atoms with Gasteiger partial charge in [-0.1, -0.05) is 38.1 Å². The van der Waals surface area contributed by atoms with Crippen LogP contribution in [-0.2, 0) is 25.7 Å². The molecule has 0 aromatic heterocycles. The molecule has 8 heteroatoms. The third kappa shape index (κ3) is 5.72. The summed E-state index contributed by atoms with van der Waals surface area (Å²) in [6.07, 6.45) is 6.02. The Labute approximate surface area is 200 Å². The molecule has 3 rings (SSSR count). The van der Waals surface area contributed by atoms with E-state index in [9.17, 15) is 23.6 Å². The summed E-state index contributed by atoms with van der Waals surface area (Å²) in [6, 6.07) is 5.04. The molecule has 1 aliphatic carbocycles. The maximum absolute atomic E-state index is 13.4. The fourth-order valence-corrected chi connectivity index (χ4v) is 4.59. The maximum Gasteiger partial charge on any atom is 0.243 e. The molecule has 1 aromatic carbocycles. The summed E-state index contributed by atoms with van der Waals surface area (Å²) in [5.41, 5.74) is 0.690. The highest BCUT2D eigenvalue weighted by atomic mass is 19.1. The molecule has 1 N–H and O–H groups in total. The monoisotopic (exact) mass is 471 g/mol. The smallest absolute Gasteiger partial charge is 0.243 e. The van der Waals surface area contributed by atoms with Gasteiger partial charge >= 0.3 is 0 Å². The molecule has 184 valence electrons. The molecule has 1 heterocycles. The second-order valence-corrected chi connectivity index (χ2v) is 9.12. The fourth-order valence-electron chi connectivity index (χ4n) is 4.59. The summed E-state index contributed by atoms with van der Waals surface area (Å²) in [7, 11) is 0. The number of likely N-dealkylation sites (tertiary alicyclic amines) is 1. The Balaban J connectivity index is 1.75. The minimum absolute atomic E-state index is 0.00711. The molecule has 1 aliphatic heterocycles. The summed E-state index contributed by atoms with van der Waals surface area (Å²) < 4.78 is 13.4. The molecular weight excluding hydrogens is 437 g/mol. The van der Waals surface area contributed by atoms with Gasteiger partial charge < -0.3 is 10.2 Å². The lowest BCUT2D eigenvalue weighted by Crippen LogP contribution is -2.51. The van der Waals surface area contributed by atoms with Crippen molar-refractivity contribution in [1.82, 2.24) is 15.1 Å². The molecule has 0 spiro atoms. The third-order valence-electron chi connectivity index (χ3n) is 6.80. The lowest BCUT2D eigenvalue weighted by atomic mass is 9.85. The van der Waals surface area contributed by atoms with Crippen molar-refractivity contribution in [1.29, 1.82) is 0 Å². The summed E-state index contributed by atoms with van der Waals surface area (Å²) in [5.74, 6) is -2.09. The molecule has 34 heavy (non-hydrogen) atoms. The average Bonchev–Trinajstić information content (AvgIpc) is 3.08. The second kappa shape index (κ2) is 11.4. The van der Waals surface area contributed by atoms with Gasteiger partial charge in [0.2, 0.25) is 23.6 Å². The van der Waals surface area contributed by atoms with Gasteiger partial charge in [-0.15, -0.1) is 0 Å². The van der Waals surface area contributed by atoms with E-state index in [0.717, 1.165) is 6.42 Å². The Morgan fingerprint density at radius 1 is 1.06 bits per heavy atom. The summed E-state index contributed by atoms with van der Waals surface area (Å²) in [5, 5.41) is 2.94. The van der Waals surface area contributed by atoms with Crippen molar-refractivity contribution in [2.75, 3.05) is 6.54 Å². The maximum atomic E-state index is 13.4. The molecule has 4 amide bonds. The first kappa shape index (κ1) is 25.6. The van der Waals surface area contributed by atoms with Crippen molar-refractivity contribution in [2.24, 2.45) is 11.8 Å². The quantitative estimate of drug-likeness (QED) is 0.419. The van der Waals surface area contributed by atoms with Gasteiger partial charge in [-0.3, -0.25) is 24.1 Å². The van der Waals surface area contributed by atoms with Crippen molar-refractivity contribution in [3.05, 3.63) is 47.8 Å². The van der Waals surface area contributed by atoms with Crippen LogP contribution < -0.4 is 5.32 Å². The van der Waals surface area contributed by atoms with Gasteiger partial charge in [0.15, 0.2) is 0 Å². The number of carbonyl (C=O) groups excluding carboxylic acids is 4. The van der Waals surface area contributed by atoms with Crippen molar-refractivity contribution >= 4 is 23.6 Å². The zero-order valence-electron chi connectivity index (χ0n) is 20.1.